The maximum atomic E-state index is 14.0. The minimum absolute atomic E-state index is 0.0234. The monoisotopic (exact) mass is 385 g/mol. The second kappa shape index (κ2) is 5.51. The van der Waals surface area contributed by atoms with E-state index in [0.717, 1.165) is 4.57 Å². The van der Waals surface area contributed by atoms with Crippen LogP contribution in [-0.4, -0.2) is 33.5 Å². The molecule has 0 bridgehead atoms. The molecule has 0 radical (unpaired) electrons. The van der Waals surface area contributed by atoms with Crippen LogP contribution in [0.4, 0.5) is 14.6 Å². The molecule has 1 aliphatic rings. The number of hydrogen-bond acceptors (Lipinski definition) is 5. The highest BCUT2D eigenvalue weighted by Crippen LogP contribution is 2.35. The third-order valence-electron chi connectivity index (χ3n) is 2.74. The van der Waals surface area contributed by atoms with Crippen LogP contribution >= 0.6 is 22.6 Å². The van der Waals surface area contributed by atoms with Crippen LogP contribution in [0.15, 0.2) is 22.9 Å². The lowest BCUT2D eigenvalue weighted by Crippen LogP contribution is -2.31. The Bertz CT molecular complexity index is 578. The molecule has 2 rings (SSSR count). The Morgan fingerprint density at radius 3 is 2.89 bits per heavy atom. The molecule has 3 atom stereocenters. The van der Waals surface area contributed by atoms with Crippen LogP contribution in [0.1, 0.15) is 6.23 Å². The van der Waals surface area contributed by atoms with Gasteiger partial charge in [-0.25, -0.2) is 13.6 Å². The molecule has 9 heteroatoms. The third kappa shape index (κ3) is 2.49. The van der Waals surface area contributed by atoms with Crippen molar-refractivity contribution in [2.24, 2.45) is 0 Å². The average Bonchev–Trinajstić information content (AvgIpc) is 2.70. The first-order valence-electron chi connectivity index (χ1n) is 5.24. The second-order valence-electron chi connectivity index (χ2n) is 3.87. The van der Waals surface area contributed by atoms with Gasteiger partial charge in [-0.3, -0.25) is 4.57 Å². The molecule has 3 unspecified atom stereocenters. The Kier molecular flexibility index (Phi) is 4.16. The Morgan fingerprint density at radius 1 is 1.68 bits per heavy atom. The van der Waals surface area contributed by atoms with Crippen molar-refractivity contribution in [1.29, 1.82) is 0 Å². The predicted molar refractivity (Wildman–Crippen MR) is 70.7 cm³/mol. The van der Waals surface area contributed by atoms with Gasteiger partial charge in [0, 0.05) is 11.8 Å². The van der Waals surface area contributed by atoms with Crippen molar-refractivity contribution in [1.82, 2.24) is 9.55 Å². The van der Waals surface area contributed by atoms with E-state index in [0.29, 0.717) is 3.57 Å². The van der Waals surface area contributed by atoms with Crippen LogP contribution in [0, 0.1) is 3.57 Å². The summed E-state index contributed by atoms with van der Waals surface area (Å²) in [5, 5.41) is 8.99. The Hall–Kier alpha value is -1.07. The van der Waals surface area contributed by atoms with Gasteiger partial charge < -0.3 is 15.6 Å². The number of anilines is 1. The van der Waals surface area contributed by atoms with Gasteiger partial charge in [-0.2, -0.15) is 4.98 Å². The van der Waals surface area contributed by atoms with E-state index in [2.05, 4.69) is 4.98 Å². The zero-order valence-corrected chi connectivity index (χ0v) is 11.6. The summed E-state index contributed by atoms with van der Waals surface area (Å²) >= 11 is 1.83. The standard InChI is InChI=1S/C10H10F2IN3O3/c11-1-4-6(3-17)19-9(7(4)12)16-2-5(13)8(14)15-10(16)18/h1-2,6-7,9,17H,3H2,(H2,14,15,18). The first kappa shape index (κ1) is 14.3. The molecular weight excluding hydrogens is 375 g/mol. The number of aliphatic hydroxyl groups is 1. The SMILES string of the molecule is Nc1nc(=O)n(C2OC(CO)C(=CF)C2F)cc1I. The lowest BCUT2D eigenvalue weighted by atomic mass is 10.1. The summed E-state index contributed by atoms with van der Waals surface area (Å²) in [4.78, 5) is 15.2. The maximum absolute atomic E-state index is 14.0. The largest absolute Gasteiger partial charge is 0.393 e. The molecule has 0 aromatic carbocycles. The second-order valence-corrected chi connectivity index (χ2v) is 5.03. The number of nitrogens with zero attached hydrogens (tertiary/aromatic N) is 2. The van der Waals surface area contributed by atoms with Gasteiger partial charge in [0.2, 0.25) is 0 Å². The van der Waals surface area contributed by atoms with E-state index >= 15 is 0 Å². The quantitative estimate of drug-likeness (QED) is 0.725. The van der Waals surface area contributed by atoms with E-state index in [1.165, 1.54) is 6.20 Å². The van der Waals surface area contributed by atoms with Gasteiger partial charge in [0.25, 0.3) is 0 Å². The zero-order chi connectivity index (χ0) is 14.2. The first-order valence-corrected chi connectivity index (χ1v) is 6.32. The van der Waals surface area contributed by atoms with E-state index in [4.69, 9.17) is 15.6 Å². The normalized spacial score (nSPS) is 29.1. The summed E-state index contributed by atoms with van der Waals surface area (Å²) in [5.74, 6) is 0.0234. The fourth-order valence-electron chi connectivity index (χ4n) is 1.78. The number of aliphatic hydroxyl groups excluding tert-OH is 1. The molecule has 1 saturated heterocycles. The van der Waals surface area contributed by atoms with Crippen molar-refractivity contribution in [2.45, 2.75) is 18.5 Å². The molecule has 1 aromatic heterocycles. The Balaban J connectivity index is 2.44. The van der Waals surface area contributed by atoms with Crippen LogP contribution in [0.3, 0.4) is 0 Å². The number of hydrogen-bond donors (Lipinski definition) is 2. The van der Waals surface area contributed by atoms with Crippen molar-refractivity contribution in [2.75, 3.05) is 12.3 Å². The van der Waals surface area contributed by atoms with E-state index in [-0.39, 0.29) is 17.7 Å². The van der Waals surface area contributed by atoms with Gasteiger partial charge in [0.15, 0.2) is 12.4 Å². The van der Waals surface area contributed by atoms with Crippen molar-refractivity contribution in [3.05, 3.63) is 32.2 Å². The van der Waals surface area contributed by atoms with Gasteiger partial charge in [0.05, 0.1) is 16.5 Å². The molecule has 0 spiro atoms. The molecule has 1 aromatic rings. The molecule has 19 heavy (non-hydrogen) atoms. The molecule has 1 fully saturated rings. The molecule has 3 N–H and O–H groups in total. The summed E-state index contributed by atoms with van der Waals surface area (Å²) < 4.78 is 33.1. The van der Waals surface area contributed by atoms with E-state index in [9.17, 15) is 13.6 Å². The van der Waals surface area contributed by atoms with Gasteiger partial charge in [-0.05, 0) is 22.6 Å². The highest BCUT2D eigenvalue weighted by molar-refractivity contribution is 14.1. The van der Waals surface area contributed by atoms with Gasteiger partial charge >= 0.3 is 5.69 Å². The minimum Gasteiger partial charge on any atom is -0.393 e. The van der Waals surface area contributed by atoms with Gasteiger partial charge in [-0.15, -0.1) is 0 Å². The van der Waals surface area contributed by atoms with Gasteiger partial charge in [0.1, 0.15) is 11.9 Å². The molecule has 6 nitrogen and oxygen atoms in total. The molecule has 104 valence electrons. The van der Waals surface area contributed by atoms with Crippen LogP contribution in [0.25, 0.3) is 0 Å². The summed E-state index contributed by atoms with van der Waals surface area (Å²) in [5.41, 5.74) is 4.31. The van der Waals surface area contributed by atoms with E-state index in [1.54, 1.807) is 0 Å². The molecule has 1 aliphatic heterocycles. The fraction of sp³-hybridized carbons (Fsp3) is 0.400. The number of ether oxygens (including phenoxy) is 1. The number of nitrogen functional groups attached to an aromatic ring is 1. The summed E-state index contributed by atoms with van der Waals surface area (Å²) in [6.07, 6.45) is -3.04. The smallest absolute Gasteiger partial charge is 0.351 e. The average molecular weight is 385 g/mol. The van der Waals surface area contributed by atoms with E-state index < -0.39 is 30.8 Å². The highest BCUT2D eigenvalue weighted by Gasteiger charge is 2.42. The van der Waals surface area contributed by atoms with Crippen molar-refractivity contribution in [3.63, 3.8) is 0 Å². The van der Waals surface area contributed by atoms with Crippen LogP contribution in [0.5, 0.6) is 0 Å². The first-order chi connectivity index (χ1) is 8.99. The highest BCUT2D eigenvalue weighted by atomic mass is 127. The molecule has 0 amide bonds. The number of aromatic nitrogens is 2. The summed E-state index contributed by atoms with van der Waals surface area (Å²) in [7, 11) is 0. The number of rotatable bonds is 2. The van der Waals surface area contributed by atoms with Crippen LogP contribution in [0.2, 0.25) is 0 Å². The predicted octanol–water partition coefficient (Wildman–Crippen LogP) is 0.511. The molecule has 0 saturated carbocycles. The molecule has 0 aliphatic carbocycles. The third-order valence-corrected chi connectivity index (χ3v) is 3.58. The summed E-state index contributed by atoms with van der Waals surface area (Å²) in [6.45, 7) is -0.582. The zero-order valence-electron chi connectivity index (χ0n) is 9.46. The van der Waals surface area contributed by atoms with E-state index in [1.807, 2.05) is 22.6 Å². The fourth-order valence-corrected chi connectivity index (χ4v) is 2.20. The lowest BCUT2D eigenvalue weighted by Gasteiger charge is -2.16. The van der Waals surface area contributed by atoms with Crippen molar-refractivity contribution >= 4 is 28.4 Å². The van der Waals surface area contributed by atoms with Crippen molar-refractivity contribution < 1.29 is 18.6 Å². The van der Waals surface area contributed by atoms with Crippen LogP contribution < -0.4 is 11.4 Å². The molecular formula is C10H10F2IN3O3. The lowest BCUT2D eigenvalue weighted by molar-refractivity contribution is -0.0376. The summed E-state index contributed by atoms with van der Waals surface area (Å²) in [6, 6.07) is 0. The number of halogens is 3. The molecule has 2 heterocycles. The Labute approximate surface area is 120 Å². The van der Waals surface area contributed by atoms with Crippen LogP contribution in [-0.2, 0) is 4.74 Å². The maximum Gasteiger partial charge on any atom is 0.351 e. The van der Waals surface area contributed by atoms with Gasteiger partial charge in [-0.1, -0.05) is 0 Å². The minimum atomic E-state index is -1.87. The number of nitrogens with two attached hydrogens (primary N) is 1. The Morgan fingerprint density at radius 2 is 2.37 bits per heavy atom. The number of alkyl halides is 1. The topological polar surface area (TPSA) is 90.4 Å². The van der Waals surface area contributed by atoms with Crippen molar-refractivity contribution in [3.8, 4) is 0 Å².